The summed E-state index contributed by atoms with van der Waals surface area (Å²) in [5.41, 5.74) is 0.934. The summed E-state index contributed by atoms with van der Waals surface area (Å²) in [5.74, 6) is -0.599. The summed E-state index contributed by atoms with van der Waals surface area (Å²) in [4.78, 5) is 0.00868. The molecule has 0 aliphatic rings. The number of halogens is 2. The third-order valence-electron chi connectivity index (χ3n) is 2.90. The van der Waals surface area contributed by atoms with E-state index >= 15 is 0 Å². The second kappa shape index (κ2) is 6.01. The van der Waals surface area contributed by atoms with Crippen LogP contribution >= 0.6 is 11.6 Å². The van der Waals surface area contributed by atoms with Crippen LogP contribution in [0, 0.1) is 12.7 Å². The lowest BCUT2D eigenvalue weighted by atomic mass is 10.2. The Morgan fingerprint density at radius 3 is 2.62 bits per heavy atom. The number of aliphatic hydroxyl groups is 1. The molecule has 2 aromatic rings. The Labute approximate surface area is 127 Å². The molecule has 0 radical (unpaired) electrons. The number of hydrogen-bond acceptors (Lipinski definition) is 3. The summed E-state index contributed by atoms with van der Waals surface area (Å²) >= 11 is 5.85. The minimum Gasteiger partial charge on any atom is -0.392 e. The van der Waals surface area contributed by atoms with Crippen LogP contribution in [0.2, 0.25) is 5.02 Å². The summed E-state index contributed by atoms with van der Waals surface area (Å²) < 4.78 is 40.2. The van der Waals surface area contributed by atoms with Gasteiger partial charge in [-0.3, -0.25) is 4.72 Å². The van der Waals surface area contributed by atoms with Gasteiger partial charge in [0.15, 0.2) is 0 Å². The molecule has 2 aromatic carbocycles. The van der Waals surface area contributed by atoms with Crippen molar-refractivity contribution in [3.05, 3.63) is 58.4 Å². The zero-order chi connectivity index (χ0) is 15.6. The maximum Gasteiger partial charge on any atom is 0.262 e. The molecule has 0 unspecified atom stereocenters. The van der Waals surface area contributed by atoms with Crippen LogP contribution in [0.15, 0.2) is 41.3 Å². The monoisotopic (exact) mass is 329 g/mol. The van der Waals surface area contributed by atoms with E-state index in [1.54, 1.807) is 19.1 Å². The van der Waals surface area contributed by atoms with Gasteiger partial charge in [0.05, 0.1) is 22.2 Å². The molecule has 0 fully saturated rings. The molecule has 0 aliphatic heterocycles. The van der Waals surface area contributed by atoms with Gasteiger partial charge >= 0.3 is 0 Å². The van der Waals surface area contributed by atoms with E-state index in [-0.39, 0.29) is 22.2 Å². The lowest BCUT2D eigenvalue weighted by Crippen LogP contribution is -2.15. The van der Waals surface area contributed by atoms with Crippen molar-refractivity contribution >= 4 is 27.3 Å². The van der Waals surface area contributed by atoms with Crippen LogP contribution in [0.5, 0.6) is 0 Å². The molecule has 2 N–H and O–H groups in total. The fourth-order valence-electron chi connectivity index (χ4n) is 1.81. The SMILES string of the molecule is Cc1ccc(CO)cc1S(=O)(=O)Nc1cc(F)ccc1Cl. The molecule has 0 amide bonds. The Balaban J connectivity index is 2.45. The predicted octanol–water partition coefficient (Wildman–Crippen LogP) is 3.08. The molecule has 0 spiro atoms. The summed E-state index contributed by atoms with van der Waals surface area (Å²) in [7, 11) is -3.93. The summed E-state index contributed by atoms with van der Waals surface area (Å²) in [5, 5.41) is 9.20. The van der Waals surface area contributed by atoms with Crippen molar-refractivity contribution in [2.24, 2.45) is 0 Å². The van der Waals surface area contributed by atoms with Crippen LogP contribution < -0.4 is 4.72 Å². The van der Waals surface area contributed by atoms with E-state index in [0.29, 0.717) is 11.1 Å². The second-order valence-corrected chi connectivity index (χ2v) is 6.55. The quantitative estimate of drug-likeness (QED) is 0.906. The maximum atomic E-state index is 13.2. The Bertz CT molecular complexity index is 778. The number of nitrogens with one attached hydrogen (secondary N) is 1. The highest BCUT2D eigenvalue weighted by Crippen LogP contribution is 2.26. The lowest BCUT2D eigenvalue weighted by molar-refractivity contribution is 0.281. The number of aryl methyl sites for hydroxylation is 1. The molecular weight excluding hydrogens is 317 g/mol. The van der Waals surface area contributed by atoms with Crippen LogP contribution in [-0.4, -0.2) is 13.5 Å². The van der Waals surface area contributed by atoms with E-state index in [0.717, 1.165) is 12.1 Å². The van der Waals surface area contributed by atoms with Crippen LogP contribution in [-0.2, 0) is 16.6 Å². The maximum absolute atomic E-state index is 13.2. The smallest absolute Gasteiger partial charge is 0.262 e. The molecule has 0 bridgehead atoms. The molecule has 4 nitrogen and oxygen atoms in total. The van der Waals surface area contributed by atoms with E-state index in [9.17, 15) is 12.8 Å². The zero-order valence-electron chi connectivity index (χ0n) is 11.1. The minimum absolute atomic E-state index is 0.00868. The van der Waals surface area contributed by atoms with Gasteiger partial charge < -0.3 is 5.11 Å². The van der Waals surface area contributed by atoms with E-state index in [2.05, 4.69) is 4.72 Å². The number of anilines is 1. The first-order valence-electron chi connectivity index (χ1n) is 6.02. The van der Waals surface area contributed by atoms with Crippen LogP contribution in [0.1, 0.15) is 11.1 Å². The van der Waals surface area contributed by atoms with Gasteiger partial charge in [-0.05, 0) is 42.3 Å². The van der Waals surface area contributed by atoms with E-state index in [4.69, 9.17) is 16.7 Å². The first-order chi connectivity index (χ1) is 9.83. The van der Waals surface area contributed by atoms with Crippen molar-refractivity contribution in [1.29, 1.82) is 0 Å². The van der Waals surface area contributed by atoms with Crippen molar-refractivity contribution in [3.63, 3.8) is 0 Å². The van der Waals surface area contributed by atoms with Crippen molar-refractivity contribution < 1.29 is 17.9 Å². The topological polar surface area (TPSA) is 66.4 Å². The highest BCUT2D eigenvalue weighted by atomic mass is 35.5. The predicted molar refractivity (Wildman–Crippen MR) is 79.3 cm³/mol. The first-order valence-corrected chi connectivity index (χ1v) is 7.88. The summed E-state index contributed by atoms with van der Waals surface area (Å²) in [6.07, 6.45) is 0. The molecule has 0 heterocycles. The highest BCUT2D eigenvalue weighted by molar-refractivity contribution is 7.92. The highest BCUT2D eigenvalue weighted by Gasteiger charge is 2.19. The molecular formula is C14H13ClFNO3S. The van der Waals surface area contributed by atoms with Gasteiger partial charge in [-0.2, -0.15) is 0 Å². The number of rotatable bonds is 4. The van der Waals surface area contributed by atoms with Crippen LogP contribution in [0.25, 0.3) is 0 Å². The van der Waals surface area contributed by atoms with Gasteiger partial charge in [-0.25, -0.2) is 12.8 Å². The van der Waals surface area contributed by atoms with Gasteiger partial charge in [-0.15, -0.1) is 0 Å². The minimum atomic E-state index is -3.93. The molecule has 112 valence electrons. The number of aliphatic hydroxyl groups excluding tert-OH is 1. The zero-order valence-corrected chi connectivity index (χ0v) is 12.7. The molecule has 21 heavy (non-hydrogen) atoms. The van der Waals surface area contributed by atoms with Crippen molar-refractivity contribution in [1.82, 2.24) is 0 Å². The van der Waals surface area contributed by atoms with Crippen molar-refractivity contribution in [3.8, 4) is 0 Å². The standard InChI is InChI=1S/C14H13ClFNO3S/c1-9-2-3-10(8-18)6-14(9)21(19,20)17-13-7-11(16)4-5-12(13)15/h2-7,17-18H,8H2,1H3. The Kier molecular flexibility index (Phi) is 4.51. The molecule has 0 saturated carbocycles. The third kappa shape index (κ3) is 3.53. The second-order valence-electron chi connectivity index (χ2n) is 4.49. The van der Waals surface area contributed by atoms with Gasteiger partial charge in [0, 0.05) is 0 Å². The Morgan fingerprint density at radius 1 is 1.24 bits per heavy atom. The summed E-state index contributed by atoms with van der Waals surface area (Å²) in [6, 6.07) is 8.00. The third-order valence-corrected chi connectivity index (χ3v) is 4.73. The fraction of sp³-hybridized carbons (Fsp3) is 0.143. The average molecular weight is 330 g/mol. The Hall–Kier alpha value is -1.63. The average Bonchev–Trinajstić information content (AvgIpc) is 2.43. The molecule has 0 aromatic heterocycles. The van der Waals surface area contributed by atoms with Gasteiger partial charge in [0.1, 0.15) is 5.82 Å². The van der Waals surface area contributed by atoms with E-state index in [1.807, 2.05) is 0 Å². The first kappa shape index (κ1) is 15.8. The van der Waals surface area contributed by atoms with Crippen LogP contribution in [0.4, 0.5) is 10.1 Å². The molecule has 0 saturated heterocycles. The van der Waals surface area contributed by atoms with Crippen LogP contribution in [0.3, 0.4) is 0 Å². The fourth-order valence-corrected chi connectivity index (χ4v) is 3.40. The van der Waals surface area contributed by atoms with Crippen molar-refractivity contribution in [2.75, 3.05) is 4.72 Å². The molecule has 2 rings (SSSR count). The van der Waals surface area contributed by atoms with Gasteiger partial charge in [-0.1, -0.05) is 23.7 Å². The largest absolute Gasteiger partial charge is 0.392 e. The van der Waals surface area contributed by atoms with Gasteiger partial charge in [0.2, 0.25) is 0 Å². The van der Waals surface area contributed by atoms with E-state index in [1.165, 1.54) is 12.1 Å². The molecule has 0 atom stereocenters. The number of benzene rings is 2. The normalized spacial score (nSPS) is 11.4. The molecule has 7 heteroatoms. The number of sulfonamides is 1. The summed E-state index contributed by atoms with van der Waals surface area (Å²) in [6.45, 7) is 1.35. The number of hydrogen-bond donors (Lipinski definition) is 2. The van der Waals surface area contributed by atoms with Crippen molar-refractivity contribution in [2.45, 2.75) is 18.4 Å². The Morgan fingerprint density at radius 2 is 1.95 bits per heavy atom. The molecule has 0 aliphatic carbocycles. The van der Waals surface area contributed by atoms with Gasteiger partial charge in [0.25, 0.3) is 10.0 Å². The van der Waals surface area contributed by atoms with E-state index < -0.39 is 15.8 Å². The lowest BCUT2D eigenvalue weighted by Gasteiger charge is -2.12.